The summed E-state index contributed by atoms with van der Waals surface area (Å²) in [4.78, 5) is 124. The summed E-state index contributed by atoms with van der Waals surface area (Å²) < 4.78 is 142. The lowest BCUT2D eigenvalue weighted by molar-refractivity contribution is -0.138. The number of nitrogens with zero attached hydrogens (tertiary/aromatic N) is 13. The van der Waals surface area contributed by atoms with Gasteiger partial charge >= 0.3 is 41.8 Å². The number of hydrogen-bond acceptors (Lipinski definition) is 20. The number of fused-ring (bicyclic) bond motifs is 8. The summed E-state index contributed by atoms with van der Waals surface area (Å²) in [6, 6.07) is 56.6. The third-order valence-electron chi connectivity index (χ3n) is 24.4. The number of alkyl halides is 9. The molecule has 0 aliphatic carbocycles. The highest BCUT2D eigenvalue weighted by Gasteiger charge is 2.40. The standard InChI is InChI=1S/C35H32F3N5O3.C34H26F3N5O4.C33H28F3N5O3/c1-3-32(44)43-15-13-42(14-16-43)31-12-10-25(19-28(31)35(36,37)38)41-33-26-18-22(24-17-23-7-5-6-8-29(23)39-20-24)9-11-30(26)40-21-27(33)34(45)46-4-2;1-2-30(43)41-13-11-40(12-14-41)29-10-8-23(17-26(29)34(35,36)37)42-31-24-16-20(22-15-21-5-3-4-6-27(21)38-18-22)7-9-28(24)39-19-25(31)32(44)46-33(42)45;1-2-30(42)41-13-11-40(12-14-41)29-10-8-23(17-26(29)33(34,35)36)39-31-24-16-20(7-9-28(24)38-19-25(31)32(43)44)22-15-21-5-3-4-6-27(21)37-18-22/h5-12,17-21H,3-4,13-16H2,1-2H3,(H,40,41);3-10,15-19H,2,11-14H2,1H3;3-10,15-19H,2,11-14H2,1H3,(H,38,39)(H,43,44). The number of aromatic carboxylic acids is 1. The summed E-state index contributed by atoms with van der Waals surface area (Å²) in [7, 11) is 0. The van der Waals surface area contributed by atoms with Crippen molar-refractivity contribution in [3.8, 4) is 39.1 Å². The maximum absolute atomic E-state index is 14.6. The van der Waals surface area contributed by atoms with Crippen LogP contribution in [0, 0.1) is 0 Å². The number of piperazine rings is 3. The smallest absolute Gasteiger partial charge is 0.426 e. The predicted octanol–water partition coefficient (Wildman–Crippen LogP) is 20.2. The van der Waals surface area contributed by atoms with Gasteiger partial charge in [0.25, 0.3) is 0 Å². The Morgan fingerprint density at radius 1 is 0.375 bits per heavy atom. The van der Waals surface area contributed by atoms with E-state index in [9.17, 15) is 78.2 Å². The molecule has 10 heterocycles. The van der Waals surface area contributed by atoms with E-state index in [0.29, 0.717) is 96.8 Å². The van der Waals surface area contributed by atoms with Gasteiger partial charge in [-0.3, -0.25) is 44.3 Å². The largest absolute Gasteiger partial charge is 0.478 e. The zero-order valence-corrected chi connectivity index (χ0v) is 73.7. The number of nitrogens with one attached hydrogen (secondary N) is 2. The van der Waals surface area contributed by atoms with Gasteiger partial charge in [0.15, 0.2) is 0 Å². The number of aromatic nitrogens is 7. The molecule has 7 aromatic heterocycles. The van der Waals surface area contributed by atoms with Crippen molar-refractivity contribution in [2.75, 3.05) is 110 Å². The number of carboxylic acid groups (broad SMARTS) is 1. The van der Waals surface area contributed by atoms with Crippen LogP contribution in [0.5, 0.6) is 0 Å². The molecule has 3 aliphatic heterocycles. The topological polar surface area (TPSA) is 288 Å². The molecular weight excluding hydrogens is 1770 g/mol. The lowest BCUT2D eigenvalue weighted by atomic mass is 10.0. The van der Waals surface area contributed by atoms with E-state index in [4.69, 9.17) is 9.15 Å². The molecule has 136 heavy (non-hydrogen) atoms. The fourth-order valence-electron chi connectivity index (χ4n) is 17.4. The zero-order valence-electron chi connectivity index (χ0n) is 73.7. The van der Waals surface area contributed by atoms with Crippen molar-refractivity contribution in [1.82, 2.24) is 49.2 Å². The predicted molar refractivity (Wildman–Crippen MR) is 504 cm³/mol. The Hall–Kier alpha value is -15.9. The van der Waals surface area contributed by atoms with Crippen molar-refractivity contribution >= 4 is 146 Å². The molecule has 3 fully saturated rings. The number of halogens is 9. The van der Waals surface area contributed by atoms with E-state index in [2.05, 4.69) is 40.5 Å². The van der Waals surface area contributed by atoms with Crippen molar-refractivity contribution < 1.29 is 77.7 Å². The SMILES string of the molecule is CCC(=O)N1CCN(c2ccc(-n3c(=O)oc(=O)c4cnc5ccc(-c6cnc7ccccc7c6)cc5c43)cc2C(F)(F)F)CC1.CCC(=O)N1CCN(c2ccc(Nc3c(C(=O)O)cnc4ccc(-c5cnc6ccccc6c5)cc34)cc2C(F)(F)F)CC1.CCOC(=O)c1cnc2ccc(-c3cnc4ccccc4c3)cc2c1Nc1ccc(N2CCN(C(=O)CC)CC2)c(C(F)(F)F)c1. The van der Waals surface area contributed by atoms with Crippen molar-refractivity contribution in [3.05, 3.63) is 286 Å². The van der Waals surface area contributed by atoms with E-state index in [0.717, 1.165) is 83.3 Å². The molecule has 0 unspecified atom stereocenters. The highest BCUT2D eigenvalue weighted by Crippen LogP contribution is 2.46. The first kappa shape index (κ1) is 92.0. The van der Waals surface area contributed by atoms with Gasteiger partial charge in [-0.05, 0) is 151 Å². The van der Waals surface area contributed by atoms with Crippen LogP contribution >= 0.6 is 0 Å². The minimum Gasteiger partial charge on any atom is -0.478 e. The average molecular weight is 1850 g/mol. The molecule has 0 saturated carbocycles. The van der Waals surface area contributed by atoms with E-state index in [-0.39, 0.29) is 131 Å². The van der Waals surface area contributed by atoms with Crippen LogP contribution < -0.4 is 36.7 Å². The summed E-state index contributed by atoms with van der Waals surface area (Å²) in [6.45, 7) is 10.6. The Bertz CT molecular complexity index is 7520. The highest BCUT2D eigenvalue weighted by atomic mass is 19.4. The van der Waals surface area contributed by atoms with Crippen LogP contribution in [0.3, 0.4) is 0 Å². The van der Waals surface area contributed by atoms with Gasteiger partial charge in [0.1, 0.15) is 16.5 Å². The van der Waals surface area contributed by atoms with E-state index < -0.39 is 58.5 Å². The number of para-hydroxylation sites is 3. The number of esters is 1. The first-order valence-electron chi connectivity index (χ1n) is 44.0. The van der Waals surface area contributed by atoms with E-state index in [1.807, 2.05) is 115 Å². The van der Waals surface area contributed by atoms with Gasteiger partial charge in [-0.1, -0.05) is 93.6 Å². The maximum atomic E-state index is 14.6. The first-order valence-corrected chi connectivity index (χ1v) is 44.0. The summed E-state index contributed by atoms with van der Waals surface area (Å²) in [5.41, 5.74) is 5.49. The van der Waals surface area contributed by atoms with Gasteiger partial charge in [-0.2, -0.15) is 39.5 Å². The minimum absolute atomic E-state index is 0.00998. The number of anilines is 7. The van der Waals surface area contributed by atoms with Crippen LogP contribution in [0.4, 0.5) is 79.3 Å². The molecule has 16 aromatic rings. The summed E-state index contributed by atoms with van der Waals surface area (Å²) in [6.07, 6.45) is -4.07. The van der Waals surface area contributed by atoms with Crippen molar-refractivity contribution in [2.45, 2.75) is 65.5 Å². The van der Waals surface area contributed by atoms with Gasteiger partial charge in [-0.25, -0.2) is 23.7 Å². The van der Waals surface area contributed by atoms with Crippen LogP contribution in [0.25, 0.3) is 115 Å². The van der Waals surface area contributed by atoms with Crippen LogP contribution in [-0.2, 0) is 37.6 Å². The molecule has 9 aromatic carbocycles. The number of ether oxygens (including phenoxy) is 1. The van der Waals surface area contributed by atoms with E-state index in [1.165, 1.54) is 48.9 Å². The summed E-state index contributed by atoms with van der Waals surface area (Å²) in [5.74, 6) is -3.15. The molecule has 0 radical (unpaired) electrons. The Morgan fingerprint density at radius 2 is 0.728 bits per heavy atom. The second-order valence-electron chi connectivity index (χ2n) is 32.6. The molecule has 3 aliphatic rings. The van der Waals surface area contributed by atoms with Crippen LogP contribution in [0.1, 0.15) is 84.4 Å². The minimum atomic E-state index is -4.77. The molecule has 3 N–H and O–H groups in total. The van der Waals surface area contributed by atoms with Gasteiger partial charge < -0.3 is 54.3 Å². The van der Waals surface area contributed by atoms with Gasteiger partial charge in [-0.15, -0.1) is 0 Å². The van der Waals surface area contributed by atoms with E-state index >= 15 is 0 Å². The molecule has 3 amide bonds. The van der Waals surface area contributed by atoms with E-state index in [1.54, 1.807) is 112 Å². The number of benzene rings is 9. The number of carboxylic acids is 1. The lowest BCUT2D eigenvalue weighted by Gasteiger charge is -2.37. The first-order chi connectivity index (χ1) is 65.4. The number of amides is 3. The number of hydrogen-bond donors (Lipinski definition) is 3. The summed E-state index contributed by atoms with van der Waals surface area (Å²) in [5, 5.41) is 20.1. The average Bonchev–Trinajstić information content (AvgIpc) is 0.735. The number of carbonyl (C=O) groups excluding carboxylic acids is 4. The van der Waals surface area contributed by atoms with Crippen molar-refractivity contribution in [3.63, 3.8) is 0 Å². The van der Waals surface area contributed by atoms with Gasteiger partial charge in [0.05, 0.1) is 79.0 Å². The Balaban J connectivity index is 0.000000142. The molecule has 25 nitrogen and oxygen atoms in total. The fraction of sp³-hybridized carbons (Fsp3) is 0.225. The molecule has 34 heteroatoms. The molecule has 692 valence electrons. The highest BCUT2D eigenvalue weighted by molar-refractivity contribution is 6.09. The normalized spacial score (nSPS) is 13.8. The third-order valence-corrected chi connectivity index (χ3v) is 24.4. The van der Waals surface area contributed by atoms with Gasteiger partial charge in [0.2, 0.25) is 17.7 Å². The van der Waals surface area contributed by atoms with Crippen molar-refractivity contribution in [2.24, 2.45) is 0 Å². The van der Waals surface area contributed by atoms with Crippen LogP contribution in [0.15, 0.2) is 251 Å². The molecule has 19 rings (SSSR count). The fourth-order valence-corrected chi connectivity index (χ4v) is 17.4. The quantitative estimate of drug-likeness (QED) is 0.0434. The zero-order chi connectivity index (χ0) is 95.6. The molecule has 0 spiro atoms. The Morgan fingerprint density at radius 3 is 1.12 bits per heavy atom. The van der Waals surface area contributed by atoms with Crippen LogP contribution in [0.2, 0.25) is 0 Å². The number of pyridine rings is 6. The second kappa shape index (κ2) is 38.4. The third kappa shape index (κ3) is 19.2. The maximum Gasteiger partial charge on any atom is 0.426 e. The van der Waals surface area contributed by atoms with Gasteiger partial charge in [0, 0.05) is 212 Å². The summed E-state index contributed by atoms with van der Waals surface area (Å²) >= 11 is 0. The second-order valence-corrected chi connectivity index (χ2v) is 32.6. The molecule has 0 atom stereocenters. The lowest BCUT2D eigenvalue weighted by Crippen LogP contribution is -2.49. The Labute approximate surface area is 770 Å². The number of carbonyl (C=O) groups is 5. The molecular formula is C102H86F9N15O10. The molecule has 0 bridgehead atoms. The monoisotopic (exact) mass is 1850 g/mol. The van der Waals surface area contributed by atoms with Crippen molar-refractivity contribution in [1.29, 1.82) is 0 Å². The van der Waals surface area contributed by atoms with Crippen LogP contribution in [-0.4, -0.2) is 169 Å². The molecule has 3 saturated heterocycles. The Kier molecular flexibility index (Phi) is 25.9. The number of rotatable bonds is 17.